The molecule has 7 nitrogen and oxygen atoms in total. The van der Waals surface area contributed by atoms with Crippen molar-refractivity contribution in [3.05, 3.63) is 17.0 Å². The number of aryl methyl sites for hydroxylation is 2. The van der Waals surface area contributed by atoms with E-state index in [1.54, 1.807) is 0 Å². The van der Waals surface area contributed by atoms with Gasteiger partial charge in [-0.2, -0.15) is 0 Å². The molecule has 0 radical (unpaired) electrons. The minimum atomic E-state index is -0.0864. The van der Waals surface area contributed by atoms with E-state index in [9.17, 15) is 9.59 Å². The van der Waals surface area contributed by atoms with E-state index in [1.165, 1.54) is 0 Å². The van der Waals surface area contributed by atoms with Gasteiger partial charge < -0.3 is 19.6 Å². The Morgan fingerprint density at radius 1 is 1.38 bits per heavy atom. The zero-order valence-corrected chi connectivity index (χ0v) is 14.3. The van der Waals surface area contributed by atoms with Crippen molar-refractivity contribution in [2.24, 2.45) is 5.41 Å². The van der Waals surface area contributed by atoms with Gasteiger partial charge in [0.05, 0.1) is 12.2 Å². The summed E-state index contributed by atoms with van der Waals surface area (Å²) >= 11 is 0. The molecule has 3 amide bonds. The Labute approximate surface area is 141 Å². The normalized spacial score (nSPS) is 26.7. The van der Waals surface area contributed by atoms with Crippen molar-refractivity contribution >= 4 is 11.9 Å². The quantitative estimate of drug-likeness (QED) is 0.912. The van der Waals surface area contributed by atoms with Crippen molar-refractivity contribution < 1.29 is 14.1 Å². The molecule has 1 aromatic heterocycles. The molecule has 1 aromatic rings. The van der Waals surface area contributed by atoms with Gasteiger partial charge in [-0.25, -0.2) is 4.79 Å². The minimum absolute atomic E-state index is 0.0333. The lowest BCUT2D eigenvalue weighted by Crippen LogP contribution is -2.41. The van der Waals surface area contributed by atoms with Crippen molar-refractivity contribution in [3.8, 4) is 0 Å². The molecule has 24 heavy (non-hydrogen) atoms. The third-order valence-electron chi connectivity index (χ3n) is 5.57. The van der Waals surface area contributed by atoms with Crippen LogP contribution < -0.4 is 5.32 Å². The van der Waals surface area contributed by atoms with Gasteiger partial charge in [0, 0.05) is 43.1 Å². The van der Waals surface area contributed by atoms with E-state index in [2.05, 4.69) is 10.5 Å². The van der Waals surface area contributed by atoms with Gasteiger partial charge in [0.2, 0.25) is 5.91 Å². The number of hydrogen-bond acceptors (Lipinski definition) is 4. The van der Waals surface area contributed by atoms with E-state index >= 15 is 0 Å². The van der Waals surface area contributed by atoms with Crippen LogP contribution in [0.4, 0.5) is 4.79 Å². The standard InChI is InChI=1S/C17H24N4O3/c1-11-14(12(2)24-19-11)8-21-10-17(7-15(21)22)5-6-20(9-17)16(23)18-13-3-4-13/h13H,3-10H2,1-2H3,(H,18,23). The summed E-state index contributed by atoms with van der Waals surface area (Å²) in [5.74, 6) is 0.942. The van der Waals surface area contributed by atoms with E-state index in [1.807, 2.05) is 23.6 Å². The first-order valence-electron chi connectivity index (χ1n) is 8.71. The molecule has 3 aliphatic rings. The van der Waals surface area contributed by atoms with E-state index in [0.717, 1.165) is 42.8 Å². The largest absolute Gasteiger partial charge is 0.361 e. The topological polar surface area (TPSA) is 78.7 Å². The van der Waals surface area contributed by atoms with Crippen LogP contribution in [-0.4, -0.2) is 52.6 Å². The van der Waals surface area contributed by atoms with Crippen LogP contribution in [0, 0.1) is 19.3 Å². The molecule has 3 heterocycles. The van der Waals surface area contributed by atoms with Crippen LogP contribution in [0.1, 0.15) is 42.7 Å². The first kappa shape index (κ1) is 15.5. The van der Waals surface area contributed by atoms with E-state index in [0.29, 0.717) is 32.1 Å². The monoisotopic (exact) mass is 332 g/mol. The van der Waals surface area contributed by atoms with Crippen LogP contribution in [0.15, 0.2) is 4.52 Å². The number of amides is 3. The van der Waals surface area contributed by atoms with Gasteiger partial charge in [-0.3, -0.25) is 4.79 Å². The van der Waals surface area contributed by atoms with Crippen LogP contribution in [0.5, 0.6) is 0 Å². The second-order valence-electron chi connectivity index (χ2n) is 7.62. The highest BCUT2D eigenvalue weighted by atomic mass is 16.5. The van der Waals surface area contributed by atoms with Gasteiger partial charge in [-0.05, 0) is 33.1 Å². The predicted octanol–water partition coefficient (Wildman–Crippen LogP) is 1.59. The summed E-state index contributed by atoms with van der Waals surface area (Å²) < 4.78 is 5.20. The average molecular weight is 332 g/mol. The molecular weight excluding hydrogens is 308 g/mol. The maximum atomic E-state index is 12.5. The molecule has 1 aliphatic carbocycles. The number of rotatable bonds is 3. The van der Waals surface area contributed by atoms with Gasteiger partial charge in [0.15, 0.2) is 0 Å². The Morgan fingerprint density at radius 2 is 2.17 bits per heavy atom. The number of carbonyl (C=O) groups excluding carboxylic acids is 2. The smallest absolute Gasteiger partial charge is 0.317 e. The molecule has 130 valence electrons. The zero-order chi connectivity index (χ0) is 16.9. The molecule has 1 spiro atoms. The Kier molecular flexibility index (Phi) is 3.54. The third kappa shape index (κ3) is 2.76. The van der Waals surface area contributed by atoms with E-state index in [4.69, 9.17) is 4.52 Å². The lowest BCUT2D eigenvalue weighted by molar-refractivity contribution is -0.128. The van der Waals surface area contributed by atoms with Gasteiger partial charge in [0.1, 0.15) is 5.76 Å². The number of likely N-dealkylation sites (tertiary alicyclic amines) is 2. The molecule has 1 N–H and O–H groups in total. The first-order valence-corrected chi connectivity index (χ1v) is 8.71. The van der Waals surface area contributed by atoms with Crippen molar-refractivity contribution in [1.29, 1.82) is 0 Å². The zero-order valence-electron chi connectivity index (χ0n) is 14.3. The number of hydrogen-bond donors (Lipinski definition) is 1. The summed E-state index contributed by atoms with van der Waals surface area (Å²) in [5.41, 5.74) is 1.76. The summed E-state index contributed by atoms with van der Waals surface area (Å²) in [7, 11) is 0. The minimum Gasteiger partial charge on any atom is -0.361 e. The Bertz CT molecular complexity index is 662. The summed E-state index contributed by atoms with van der Waals surface area (Å²) in [6.45, 7) is 6.46. The van der Waals surface area contributed by atoms with Crippen molar-refractivity contribution in [1.82, 2.24) is 20.3 Å². The molecule has 0 bridgehead atoms. The van der Waals surface area contributed by atoms with Crippen LogP contribution in [0.3, 0.4) is 0 Å². The Hall–Kier alpha value is -2.05. The molecule has 7 heteroatoms. The lowest BCUT2D eigenvalue weighted by Gasteiger charge is -2.24. The molecule has 4 rings (SSSR count). The highest BCUT2D eigenvalue weighted by molar-refractivity contribution is 5.80. The molecule has 0 aromatic carbocycles. The van der Waals surface area contributed by atoms with Gasteiger partial charge in [0.25, 0.3) is 0 Å². The Balaban J connectivity index is 1.41. The third-order valence-corrected chi connectivity index (χ3v) is 5.57. The Morgan fingerprint density at radius 3 is 2.83 bits per heavy atom. The second kappa shape index (κ2) is 5.50. The lowest BCUT2D eigenvalue weighted by atomic mass is 9.86. The molecule has 1 unspecified atom stereocenters. The van der Waals surface area contributed by atoms with Crippen LogP contribution in [0.25, 0.3) is 0 Å². The van der Waals surface area contributed by atoms with Gasteiger partial charge in [-0.15, -0.1) is 0 Å². The summed E-state index contributed by atoms with van der Waals surface area (Å²) in [6, 6.07) is 0.404. The molecule has 3 fully saturated rings. The number of nitrogens with one attached hydrogen (secondary N) is 1. The van der Waals surface area contributed by atoms with Crippen LogP contribution in [-0.2, 0) is 11.3 Å². The van der Waals surface area contributed by atoms with E-state index in [-0.39, 0.29) is 17.4 Å². The fraction of sp³-hybridized carbons (Fsp3) is 0.706. The second-order valence-corrected chi connectivity index (χ2v) is 7.62. The maximum absolute atomic E-state index is 12.5. The molecule has 2 saturated heterocycles. The van der Waals surface area contributed by atoms with Crippen LogP contribution in [0.2, 0.25) is 0 Å². The number of urea groups is 1. The summed E-state index contributed by atoms with van der Waals surface area (Å²) in [6.07, 6.45) is 3.61. The predicted molar refractivity (Wildman–Crippen MR) is 86.2 cm³/mol. The van der Waals surface area contributed by atoms with Gasteiger partial charge >= 0.3 is 6.03 Å². The highest BCUT2D eigenvalue weighted by Crippen LogP contribution is 2.41. The number of nitrogens with zero attached hydrogens (tertiary/aromatic N) is 3. The molecule has 2 aliphatic heterocycles. The van der Waals surface area contributed by atoms with Gasteiger partial charge in [-0.1, -0.05) is 5.16 Å². The fourth-order valence-electron chi connectivity index (χ4n) is 3.92. The SMILES string of the molecule is Cc1noc(C)c1CN1CC2(CCN(C(=O)NC3CC3)C2)CC1=O. The average Bonchev–Trinajstić information content (AvgIpc) is 3.06. The summed E-state index contributed by atoms with van der Waals surface area (Å²) in [5, 5.41) is 7.01. The molecular formula is C17H24N4O3. The molecule has 1 saturated carbocycles. The summed E-state index contributed by atoms with van der Waals surface area (Å²) in [4.78, 5) is 28.5. The highest BCUT2D eigenvalue weighted by Gasteiger charge is 2.48. The fourth-order valence-corrected chi connectivity index (χ4v) is 3.92. The van der Waals surface area contributed by atoms with Crippen molar-refractivity contribution in [3.63, 3.8) is 0 Å². The van der Waals surface area contributed by atoms with E-state index < -0.39 is 0 Å². The number of aromatic nitrogens is 1. The first-order chi connectivity index (χ1) is 11.5. The van der Waals surface area contributed by atoms with Crippen LogP contribution >= 0.6 is 0 Å². The van der Waals surface area contributed by atoms with Crippen molar-refractivity contribution in [2.75, 3.05) is 19.6 Å². The maximum Gasteiger partial charge on any atom is 0.317 e. The number of carbonyl (C=O) groups is 2. The van der Waals surface area contributed by atoms with Crippen molar-refractivity contribution in [2.45, 2.75) is 52.1 Å². The molecule has 1 atom stereocenters.